The van der Waals surface area contributed by atoms with Crippen LogP contribution in [0.1, 0.15) is 53.5 Å². The van der Waals surface area contributed by atoms with Crippen LogP contribution in [0.2, 0.25) is 0 Å². The van der Waals surface area contributed by atoms with Crippen LogP contribution in [0.25, 0.3) is 0 Å². The van der Waals surface area contributed by atoms with Gasteiger partial charge in [-0.2, -0.15) is 0 Å². The Morgan fingerprint density at radius 1 is 1.05 bits per heavy atom. The molecule has 0 amide bonds. The van der Waals surface area contributed by atoms with Gasteiger partial charge in [0.2, 0.25) is 0 Å². The van der Waals surface area contributed by atoms with Crippen LogP contribution in [0.3, 0.4) is 0 Å². The molecule has 2 heteroatoms. The molecule has 0 heterocycles. The summed E-state index contributed by atoms with van der Waals surface area (Å²) in [5.41, 5.74) is 0.802. The number of ether oxygens (including phenoxy) is 1. The van der Waals surface area contributed by atoms with Crippen molar-refractivity contribution in [3.63, 3.8) is 0 Å². The number of hydrogen-bond acceptors (Lipinski definition) is 2. The van der Waals surface area contributed by atoms with Crippen LogP contribution in [-0.4, -0.2) is 11.4 Å². The fourth-order valence-corrected chi connectivity index (χ4v) is 2.56. The molecule has 0 aliphatic carbocycles. The molecule has 2 nitrogen and oxygen atoms in total. The van der Waals surface area contributed by atoms with Gasteiger partial charge < -0.3 is 9.84 Å². The van der Waals surface area contributed by atoms with E-state index >= 15 is 0 Å². The van der Waals surface area contributed by atoms with E-state index in [1.54, 1.807) is 0 Å². The molecule has 0 aromatic heterocycles. The molecule has 0 aliphatic rings. The Morgan fingerprint density at radius 2 is 1.60 bits per heavy atom. The van der Waals surface area contributed by atoms with Crippen LogP contribution in [0, 0.1) is 16.7 Å². The third-order valence-corrected chi connectivity index (χ3v) is 4.34. The van der Waals surface area contributed by atoms with Crippen LogP contribution >= 0.6 is 0 Å². The van der Waals surface area contributed by atoms with Crippen molar-refractivity contribution >= 4 is 0 Å². The quantitative estimate of drug-likeness (QED) is 0.769. The highest BCUT2D eigenvalue weighted by molar-refractivity contribution is 5.13. The largest absolute Gasteiger partial charge is 0.367 e. The van der Waals surface area contributed by atoms with Gasteiger partial charge in [-0.05, 0) is 23.3 Å². The maximum absolute atomic E-state index is 10.6. The fraction of sp³-hybridized carbons (Fsp3) is 0.667. The number of aliphatic hydroxyl groups is 1. The summed E-state index contributed by atoms with van der Waals surface area (Å²) in [6.07, 6.45) is 0.178. The van der Waals surface area contributed by atoms with Gasteiger partial charge in [0.25, 0.3) is 0 Å². The lowest BCUT2D eigenvalue weighted by Crippen LogP contribution is -2.45. The van der Waals surface area contributed by atoms with Crippen molar-refractivity contribution < 1.29 is 9.84 Å². The van der Waals surface area contributed by atoms with E-state index in [9.17, 15) is 5.11 Å². The number of benzene rings is 1. The Balaban J connectivity index is 2.76. The minimum absolute atomic E-state index is 0.0205. The van der Waals surface area contributed by atoms with E-state index in [-0.39, 0.29) is 10.8 Å². The second kappa shape index (κ2) is 6.73. The second-order valence-electron chi connectivity index (χ2n) is 7.41. The molecule has 1 aromatic carbocycles. The van der Waals surface area contributed by atoms with Gasteiger partial charge in [-0.15, -0.1) is 0 Å². The lowest BCUT2D eigenvalue weighted by molar-refractivity contribution is -0.213. The molecule has 2 unspecified atom stereocenters. The second-order valence-corrected chi connectivity index (χ2v) is 7.41. The molecule has 114 valence electrons. The molecule has 1 rings (SSSR count). The Hall–Kier alpha value is -0.860. The van der Waals surface area contributed by atoms with Gasteiger partial charge in [0, 0.05) is 5.41 Å². The molecule has 0 aliphatic heterocycles. The molecule has 0 radical (unpaired) electrons. The van der Waals surface area contributed by atoms with Gasteiger partial charge in [-0.3, -0.25) is 0 Å². The number of hydrogen-bond donors (Lipinski definition) is 1. The van der Waals surface area contributed by atoms with Crippen molar-refractivity contribution in [2.45, 2.75) is 60.9 Å². The highest BCUT2D eigenvalue weighted by atomic mass is 16.6. The fourth-order valence-electron chi connectivity index (χ4n) is 2.56. The topological polar surface area (TPSA) is 29.5 Å². The molecule has 2 atom stereocenters. The zero-order chi connectivity index (χ0) is 15.4. The maximum atomic E-state index is 10.6. The highest BCUT2D eigenvalue weighted by Crippen LogP contribution is 2.46. The minimum atomic E-state index is -0.759. The van der Waals surface area contributed by atoms with Crippen molar-refractivity contribution in [3.8, 4) is 0 Å². The summed E-state index contributed by atoms with van der Waals surface area (Å²) in [7, 11) is 0. The van der Waals surface area contributed by atoms with Gasteiger partial charge in [-0.25, -0.2) is 0 Å². The molecule has 20 heavy (non-hydrogen) atoms. The van der Waals surface area contributed by atoms with Gasteiger partial charge in [0.05, 0.1) is 6.61 Å². The van der Waals surface area contributed by atoms with Gasteiger partial charge in [-0.1, -0.05) is 71.9 Å². The van der Waals surface area contributed by atoms with Crippen molar-refractivity contribution in [2.24, 2.45) is 16.7 Å². The summed E-state index contributed by atoms with van der Waals surface area (Å²) in [5.74, 6) is 0.522. The van der Waals surface area contributed by atoms with Gasteiger partial charge in [0.15, 0.2) is 6.29 Å². The molecule has 0 bridgehead atoms. The number of aliphatic hydroxyl groups excluding tert-OH is 1. The highest BCUT2D eigenvalue weighted by Gasteiger charge is 2.44. The predicted octanol–water partition coefficient (Wildman–Crippen LogP) is 4.62. The first-order chi connectivity index (χ1) is 9.17. The molecule has 1 aromatic rings. The van der Waals surface area contributed by atoms with Crippen molar-refractivity contribution in [3.05, 3.63) is 35.9 Å². The third-order valence-electron chi connectivity index (χ3n) is 4.34. The average Bonchev–Trinajstić information content (AvgIpc) is 2.35. The molecular formula is C18H30O2. The van der Waals surface area contributed by atoms with Crippen LogP contribution in [0.15, 0.2) is 30.3 Å². The molecular weight excluding hydrogens is 248 g/mol. The summed E-state index contributed by atoms with van der Waals surface area (Å²) < 4.78 is 5.78. The molecule has 1 N–H and O–H groups in total. The average molecular weight is 278 g/mol. The first-order valence-electron chi connectivity index (χ1n) is 7.50. The summed E-state index contributed by atoms with van der Waals surface area (Å²) in [4.78, 5) is 0. The normalized spacial score (nSPS) is 17.0. The van der Waals surface area contributed by atoms with Crippen LogP contribution < -0.4 is 0 Å². The summed E-state index contributed by atoms with van der Waals surface area (Å²) >= 11 is 0. The van der Waals surface area contributed by atoms with Crippen LogP contribution in [0.5, 0.6) is 0 Å². The number of rotatable bonds is 6. The van der Waals surface area contributed by atoms with E-state index in [1.807, 2.05) is 30.3 Å². The zero-order valence-corrected chi connectivity index (χ0v) is 13.8. The monoisotopic (exact) mass is 278 g/mol. The maximum Gasteiger partial charge on any atom is 0.160 e. The van der Waals surface area contributed by atoms with E-state index in [0.29, 0.717) is 12.5 Å². The standard InChI is InChI=1S/C18H30O2/c1-14(2)12-18(6,17(3,4)5)16(19)20-13-15-10-8-7-9-11-15/h7-11,14,16,19H,12-13H2,1-6H3. The smallest absolute Gasteiger partial charge is 0.160 e. The van der Waals surface area contributed by atoms with E-state index in [2.05, 4.69) is 41.5 Å². The Morgan fingerprint density at radius 3 is 2.05 bits per heavy atom. The van der Waals surface area contributed by atoms with Crippen LogP contribution in [0.4, 0.5) is 0 Å². The summed E-state index contributed by atoms with van der Waals surface area (Å²) in [6.45, 7) is 13.5. The minimum Gasteiger partial charge on any atom is -0.367 e. The van der Waals surface area contributed by atoms with Crippen molar-refractivity contribution in [2.75, 3.05) is 0 Å². The summed E-state index contributed by atoms with van der Waals surface area (Å²) in [6, 6.07) is 10.00. The first-order valence-corrected chi connectivity index (χ1v) is 7.50. The predicted molar refractivity (Wildman–Crippen MR) is 84.3 cm³/mol. The van der Waals surface area contributed by atoms with Crippen molar-refractivity contribution in [1.29, 1.82) is 0 Å². The first kappa shape index (κ1) is 17.2. The third kappa shape index (κ3) is 4.32. The molecule has 0 spiro atoms. The molecule has 0 saturated carbocycles. The zero-order valence-electron chi connectivity index (χ0n) is 13.8. The lowest BCUT2D eigenvalue weighted by atomic mass is 9.63. The van der Waals surface area contributed by atoms with Crippen molar-refractivity contribution in [1.82, 2.24) is 0 Å². The Bertz CT molecular complexity index is 392. The SMILES string of the molecule is CC(C)CC(C)(C(O)OCc1ccccc1)C(C)(C)C. The van der Waals surface area contributed by atoms with E-state index in [0.717, 1.165) is 12.0 Å². The van der Waals surface area contributed by atoms with E-state index in [4.69, 9.17) is 4.74 Å². The van der Waals surface area contributed by atoms with Gasteiger partial charge >= 0.3 is 0 Å². The van der Waals surface area contributed by atoms with Crippen LogP contribution in [-0.2, 0) is 11.3 Å². The Labute approximate surface area is 124 Å². The van der Waals surface area contributed by atoms with E-state index < -0.39 is 6.29 Å². The lowest BCUT2D eigenvalue weighted by Gasteiger charge is -2.46. The summed E-state index contributed by atoms with van der Waals surface area (Å²) in [5, 5.41) is 10.6. The molecule has 0 saturated heterocycles. The Kier molecular flexibility index (Phi) is 5.79. The van der Waals surface area contributed by atoms with Gasteiger partial charge in [0.1, 0.15) is 0 Å². The molecule has 0 fully saturated rings. The van der Waals surface area contributed by atoms with E-state index in [1.165, 1.54) is 0 Å².